The molecule has 1 aliphatic heterocycles. The third-order valence-corrected chi connectivity index (χ3v) is 8.42. The van der Waals surface area contributed by atoms with Crippen LogP contribution >= 0.6 is 0 Å². The lowest BCUT2D eigenvalue weighted by Crippen LogP contribution is -2.38. The number of fused-ring (bicyclic) bond motifs is 2. The van der Waals surface area contributed by atoms with Gasteiger partial charge in [-0.15, -0.1) is 0 Å². The maximum atomic E-state index is 13.9. The fourth-order valence-corrected chi connectivity index (χ4v) is 5.87. The number of primary amides is 1. The van der Waals surface area contributed by atoms with Crippen molar-refractivity contribution in [1.82, 2.24) is 10.6 Å². The minimum atomic E-state index is -1.09. The van der Waals surface area contributed by atoms with Crippen molar-refractivity contribution >= 4 is 35.6 Å². The molecule has 1 aromatic rings. The summed E-state index contributed by atoms with van der Waals surface area (Å²) >= 11 is 0. The molecule has 1 aliphatic carbocycles. The summed E-state index contributed by atoms with van der Waals surface area (Å²) in [6, 6.07) is 6.26. The van der Waals surface area contributed by atoms with Crippen LogP contribution in [0.25, 0.3) is 0 Å². The number of Topliss-reactive ketones (excluding diaryl/α,β-unsaturated/α-hetero) is 1. The van der Waals surface area contributed by atoms with Gasteiger partial charge in [0.2, 0.25) is 11.6 Å². The Balaban J connectivity index is 1.96. The van der Waals surface area contributed by atoms with Gasteiger partial charge in [0.25, 0.3) is 5.91 Å². The van der Waals surface area contributed by atoms with E-state index in [2.05, 4.69) is 10.6 Å². The summed E-state index contributed by atoms with van der Waals surface area (Å²) in [4.78, 5) is 76.5. The third-order valence-electron chi connectivity index (χ3n) is 8.42. The van der Waals surface area contributed by atoms with E-state index in [-0.39, 0.29) is 53.5 Å². The van der Waals surface area contributed by atoms with Crippen LogP contribution in [0.4, 0.5) is 9.59 Å². The van der Waals surface area contributed by atoms with Gasteiger partial charge in [0.15, 0.2) is 6.10 Å². The number of carbonyl (C=O) groups is 6. The number of amides is 3. The van der Waals surface area contributed by atoms with E-state index in [1.54, 1.807) is 18.2 Å². The number of esters is 1. The van der Waals surface area contributed by atoms with Crippen molar-refractivity contribution in [3.63, 3.8) is 0 Å². The number of benzene rings is 1. The molecule has 0 saturated carbocycles. The topological polar surface area (TPSA) is 219 Å². The summed E-state index contributed by atoms with van der Waals surface area (Å²) in [5.41, 5.74) is 5.82. The predicted octanol–water partition coefficient (Wildman–Crippen LogP) is 3.62. The lowest BCUT2D eigenvalue weighted by molar-refractivity contribution is -0.132. The number of aliphatic hydroxyl groups excluding tert-OH is 1. The first kappa shape index (κ1) is 42.0. The fraction of sp³-hybridized carbons (Fsp3) is 0.421. The van der Waals surface area contributed by atoms with Crippen molar-refractivity contribution in [3.05, 3.63) is 88.3 Å². The first-order chi connectivity index (χ1) is 25.1. The number of alkyl carbamates (subject to hydrolysis) is 1. The molecule has 0 saturated heterocycles. The molecule has 1 heterocycles. The number of ketones is 2. The molecule has 0 unspecified atom stereocenters. The van der Waals surface area contributed by atoms with Crippen molar-refractivity contribution < 1.29 is 57.6 Å². The fourth-order valence-electron chi connectivity index (χ4n) is 5.87. The molecule has 15 nitrogen and oxygen atoms in total. The second-order valence-electron chi connectivity index (χ2n) is 12.8. The average Bonchev–Trinajstić information content (AvgIpc) is 3.10. The Morgan fingerprint density at radius 1 is 1.04 bits per heavy atom. The third kappa shape index (κ3) is 12.7. The number of allylic oxidation sites excluding steroid dienone is 5. The average molecular weight is 738 g/mol. The molecule has 286 valence electrons. The monoisotopic (exact) mass is 737 g/mol. The van der Waals surface area contributed by atoms with Gasteiger partial charge in [-0.1, -0.05) is 50.3 Å². The standard InChI is InChI=1S/C38H47N3O12/c1-21-14-26(19-42)35(53-37(39)47)32(50-6)9-7-8-23(3)36(46)40-30-18-31(44)33(29(34(30)45)17-22(2)16-28(15-21)49-5)41-38(48)51-20-25-10-12-27(13-11-25)52-24(4)43/h7-14,18,21-22,28,32,35,42H,15-17,19-20H2,1-6H3,(H2,39,47)(H,40,46)(H,41,48)/b9-7-,23-8+,26-14+/t21-,22-,28+,32-,35-/m0/s1. The van der Waals surface area contributed by atoms with Gasteiger partial charge in [-0.25, -0.2) is 9.59 Å². The molecule has 5 N–H and O–H groups in total. The van der Waals surface area contributed by atoms with Gasteiger partial charge < -0.3 is 39.8 Å². The Kier molecular flexibility index (Phi) is 15.9. The van der Waals surface area contributed by atoms with E-state index in [0.717, 1.165) is 6.08 Å². The zero-order valence-electron chi connectivity index (χ0n) is 30.6. The number of methoxy groups -OCH3 is 2. The highest BCUT2D eigenvalue weighted by Crippen LogP contribution is 2.29. The summed E-state index contributed by atoms with van der Waals surface area (Å²) in [5, 5.41) is 15.2. The first-order valence-corrected chi connectivity index (χ1v) is 16.9. The molecule has 0 aromatic heterocycles. The maximum Gasteiger partial charge on any atom is 0.412 e. The van der Waals surface area contributed by atoms with Gasteiger partial charge in [0, 0.05) is 38.4 Å². The van der Waals surface area contributed by atoms with E-state index in [1.807, 2.05) is 13.8 Å². The van der Waals surface area contributed by atoms with Crippen molar-refractivity contribution in [1.29, 1.82) is 0 Å². The Labute approximate surface area is 307 Å². The number of aliphatic hydroxyl groups is 1. The van der Waals surface area contributed by atoms with Crippen LogP contribution in [-0.2, 0) is 44.7 Å². The van der Waals surface area contributed by atoms with E-state index in [9.17, 15) is 33.9 Å². The first-order valence-electron chi connectivity index (χ1n) is 16.9. The highest BCUT2D eigenvalue weighted by atomic mass is 16.6. The maximum absolute atomic E-state index is 13.9. The highest BCUT2D eigenvalue weighted by Gasteiger charge is 2.33. The summed E-state index contributed by atoms with van der Waals surface area (Å²) < 4.78 is 27.0. The number of hydrogen-bond donors (Lipinski definition) is 4. The second-order valence-corrected chi connectivity index (χ2v) is 12.8. The second kappa shape index (κ2) is 20.0. The van der Waals surface area contributed by atoms with Crippen molar-refractivity contribution in [3.8, 4) is 5.75 Å². The van der Waals surface area contributed by atoms with E-state index in [0.29, 0.717) is 29.7 Å². The van der Waals surface area contributed by atoms with Crippen LogP contribution in [-0.4, -0.2) is 79.9 Å². The van der Waals surface area contributed by atoms with Crippen LogP contribution in [0.1, 0.15) is 52.5 Å². The van der Waals surface area contributed by atoms with Crippen LogP contribution in [0.5, 0.6) is 5.75 Å². The van der Waals surface area contributed by atoms with Gasteiger partial charge in [0.1, 0.15) is 18.5 Å². The molecule has 1 aromatic carbocycles. The zero-order chi connectivity index (χ0) is 39.2. The Morgan fingerprint density at radius 3 is 2.34 bits per heavy atom. The number of nitrogens with two attached hydrogens (primary N) is 1. The Hall–Kier alpha value is -5.38. The smallest absolute Gasteiger partial charge is 0.412 e. The molecule has 53 heavy (non-hydrogen) atoms. The molecule has 3 amide bonds. The number of carbonyl (C=O) groups excluding carboxylic acids is 6. The van der Waals surface area contributed by atoms with Crippen LogP contribution < -0.4 is 21.1 Å². The minimum absolute atomic E-state index is 0.0258. The minimum Gasteiger partial charge on any atom is -0.444 e. The zero-order valence-corrected chi connectivity index (χ0v) is 30.6. The van der Waals surface area contributed by atoms with Crippen LogP contribution in [0.2, 0.25) is 0 Å². The quantitative estimate of drug-likeness (QED) is 0.130. The molecule has 0 spiro atoms. The molecule has 0 fully saturated rings. The summed E-state index contributed by atoms with van der Waals surface area (Å²) in [6.45, 7) is 5.83. The van der Waals surface area contributed by atoms with Crippen molar-refractivity contribution in [2.45, 2.75) is 71.9 Å². The summed E-state index contributed by atoms with van der Waals surface area (Å²) in [6.07, 6.45) is 3.57. The van der Waals surface area contributed by atoms with Gasteiger partial charge in [0.05, 0.1) is 24.1 Å². The molecular weight excluding hydrogens is 690 g/mol. The Bertz CT molecular complexity index is 1710. The van der Waals surface area contributed by atoms with Crippen molar-refractivity contribution in [2.75, 3.05) is 20.8 Å². The lowest BCUT2D eigenvalue weighted by atomic mass is 9.86. The normalized spacial score (nSPS) is 25.8. The number of hydrogen-bond acceptors (Lipinski definition) is 12. The van der Waals surface area contributed by atoms with Gasteiger partial charge in [-0.3, -0.25) is 24.5 Å². The predicted molar refractivity (Wildman–Crippen MR) is 191 cm³/mol. The molecular formula is C38H47N3O12. The highest BCUT2D eigenvalue weighted by molar-refractivity contribution is 6.24. The molecule has 15 heteroatoms. The Morgan fingerprint density at radius 2 is 1.74 bits per heavy atom. The number of nitrogens with one attached hydrogen (secondary N) is 2. The number of ether oxygens (including phenoxy) is 5. The van der Waals surface area contributed by atoms with Crippen LogP contribution in [0.3, 0.4) is 0 Å². The summed E-state index contributed by atoms with van der Waals surface area (Å²) in [7, 11) is 2.92. The van der Waals surface area contributed by atoms with Gasteiger partial charge >= 0.3 is 18.2 Å². The van der Waals surface area contributed by atoms with Gasteiger partial charge in [-0.05, 0) is 61.3 Å². The van der Waals surface area contributed by atoms with Gasteiger partial charge in [-0.2, -0.15) is 0 Å². The molecule has 2 bridgehead atoms. The molecule has 2 aliphatic rings. The largest absolute Gasteiger partial charge is 0.444 e. The van der Waals surface area contributed by atoms with Crippen molar-refractivity contribution in [2.24, 2.45) is 17.6 Å². The number of rotatable bonds is 8. The van der Waals surface area contributed by atoms with Crippen LogP contribution in [0, 0.1) is 11.8 Å². The molecule has 3 rings (SSSR count). The SMILES string of the molecule is CO[C@H]1C[C@H](C)CC2=C(NC(=O)OCc3ccc(OC(C)=O)cc3)C(=O)C=C(NC(=O)/C(C)=C/C=C\[C@H](OC)[C@@H](OC(N)=O)/C(CO)=C/[C@H](C)C1)C2=O. The van der Waals surface area contributed by atoms with E-state index < -0.39 is 54.4 Å². The lowest BCUT2D eigenvalue weighted by Gasteiger charge is -2.27. The van der Waals surface area contributed by atoms with E-state index >= 15 is 0 Å². The molecule has 0 radical (unpaired) electrons. The van der Waals surface area contributed by atoms with E-state index in [4.69, 9.17) is 29.4 Å². The van der Waals surface area contributed by atoms with Crippen LogP contribution in [0.15, 0.2) is 82.8 Å². The summed E-state index contributed by atoms with van der Waals surface area (Å²) in [5.74, 6) is -2.73. The molecule has 5 atom stereocenters. The van der Waals surface area contributed by atoms with E-state index in [1.165, 1.54) is 58.4 Å².